The van der Waals surface area contributed by atoms with E-state index in [0.717, 1.165) is 25.9 Å². The van der Waals surface area contributed by atoms with E-state index in [0.29, 0.717) is 12.1 Å². The van der Waals surface area contributed by atoms with Crippen LogP contribution in [0.5, 0.6) is 0 Å². The molecule has 0 unspecified atom stereocenters. The Morgan fingerprint density at radius 2 is 2.24 bits per heavy atom. The third-order valence-corrected chi connectivity index (χ3v) is 2.47. The number of hydrogen-bond donors (Lipinski definition) is 2. The molecule has 0 aromatic carbocycles. The Labute approximate surface area is 101 Å². The molecular formula is C12H20N2O3. The van der Waals surface area contributed by atoms with Crippen molar-refractivity contribution in [3.8, 4) is 0 Å². The number of carboxylic acid groups (broad SMARTS) is 1. The van der Waals surface area contributed by atoms with E-state index in [1.165, 1.54) is 6.26 Å². The number of hydrogen-bond acceptors (Lipinski definition) is 4. The maximum Gasteiger partial charge on any atom is 0.372 e. The second-order valence-corrected chi connectivity index (χ2v) is 4.27. The molecular weight excluding hydrogens is 220 g/mol. The first kappa shape index (κ1) is 13.7. The van der Waals surface area contributed by atoms with Gasteiger partial charge in [-0.05, 0) is 46.1 Å². The molecule has 0 atom stereocenters. The minimum absolute atomic E-state index is 0.0331. The summed E-state index contributed by atoms with van der Waals surface area (Å²) in [4.78, 5) is 12.9. The molecule has 0 bridgehead atoms. The van der Waals surface area contributed by atoms with Crippen LogP contribution >= 0.6 is 0 Å². The lowest BCUT2D eigenvalue weighted by Gasteiger charge is -2.09. The minimum Gasteiger partial charge on any atom is -0.475 e. The smallest absolute Gasteiger partial charge is 0.372 e. The van der Waals surface area contributed by atoms with E-state index in [1.807, 2.05) is 0 Å². The van der Waals surface area contributed by atoms with Crippen molar-refractivity contribution in [1.82, 2.24) is 10.2 Å². The highest BCUT2D eigenvalue weighted by Gasteiger charge is 2.12. The Balaban J connectivity index is 2.18. The van der Waals surface area contributed by atoms with Crippen LogP contribution in [0.15, 0.2) is 16.7 Å². The summed E-state index contributed by atoms with van der Waals surface area (Å²) in [5, 5.41) is 12.0. The predicted octanol–water partition coefficient (Wildman–Crippen LogP) is 1.41. The van der Waals surface area contributed by atoms with Crippen LogP contribution in [0.2, 0.25) is 0 Å². The molecule has 5 heteroatoms. The number of nitrogens with one attached hydrogen (secondary N) is 1. The molecule has 17 heavy (non-hydrogen) atoms. The van der Waals surface area contributed by atoms with Crippen LogP contribution < -0.4 is 5.32 Å². The Morgan fingerprint density at radius 3 is 2.88 bits per heavy atom. The Kier molecular flexibility index (Phi) is 5.72. The van der Waals surface area contributed by atoms with Crippen LogP contribution in [0.25, 0.3) is 0 Å². The van der Waals surface area contributed by atoms with Crippen LogP contribution in [-0.4, -0.2) is 43.2 Å². The van der Waals surface area contributed by atoms with Crippen LogP contribution in [0, 0.1) is 0 Å². The molecule has 1 aromatic heterocycles. The average Bonchev–Trinajstić information content (AvgIpc) is 2.71. The van der Waals surface area contributed by atoms with Crippen LogP contribution in [0.1, 0.15) is 29.0 Å². The quantitative estimate of drug-likeness (QED) is 0.672. The fourth-order valence-corrected chi connectivity index (χ4v) is 1.56. The van der Waals surface area contributed by atoms with Gasteiger partial charge in [-0.2, -0.15) is 0 Å². The molecule has 0 saturated carbocycles. The number of nitrogens with zero attached hydrogens (tertiary/aromatic N) is 1. The normalized spacial score (nSPS) is 11.0. The number of aromatic carboxylic acids is 1. The third kappa shape index (κ3) is 5.01. The van der Waals surface area contributed by atoms with Crippen molar-refractivity contribution in [3.05, 3.63) is 23.7 Å². The molecule has 0 radical (unpaired) electrons. The van der Waals surface area contributed by atoms with Gasteiger partial charge >= 0.3 is 5.97 Å². The summed E-state index contributed by atoms with van der Waals surface area (Å²) in [5.74, 6) is -0.981. The van der Waals surface area contributed by atoms with Crippen molar-refractivity contribution in [2.24, 2.45) is 0 Å². The molecule has 0 aliphatic heterocycles. The van der Waals surface area contributed by atoms with Crippen molar-refractivity contribution in [2.75, 3.05) is 27.2 Å². The summed E-state index contributed by atoms with van der Waals surface area (Å²) < 4.78 is 4.89. The van der Waals surface area contributed by atoms with Gasteiger partial charge < -0.3 is 19.7 Å². The second-order valence-electron chi connectivity index (χ2n) is 4.27. The van der Waals surface area contributed by atoms with Crippen LogP contribution in [0.3, 0.4) is 0 Å². The van der Waals surface area contributed by atoms with Crippen molar-refractivity contribution in [2.45, 2.75) is 19.4 Å². The zero-order chi connectivity index (χ0) is 12.7. The van der Waals surface area contributed by atoms with E-state index in [1.54, 1.807) is 6.07 Å². The zero-order valence-electron chi connectivity index (χ0n) is 10.4. The second kappa shape index (κ2) is 7.09. The van der Waals surface area contributed by atoms with Gasteiger partial charge in [0, 0.05) is 12.1 Å². The predicted molar refractivity (Wildman–Crippen MR) is 65.2 cm³/mol. The van der Waals surface area contributed by atoms with Crippen molar-refractivity contribution < 1.29 is 14.3 Å². The highest BCUT2D eigenvalue weighted by molar-refractivity contribution is 5.86. The molecule has 0 saturated heterocycles. The summed E-state index contributed by atoms with van der Waals surface area (Å²) >= 11 is 0. The van der Waals surface area contributed by atoms with Crippen molar-refractivity contribution in [1.29, 1.82) is 0 Å². The Bertz CT molecular complexity index is 347. The molecule has 1 heterocycles. The first-order valence-corrected chi connectivity index (χ1v) is 5.76. The summed E-state index contributed by atoms with van der Waals surface area (Å²) in [6.07, 6.45) is 3.63. The molecule has 0 fully saturated rings. The molecule has 96 valence electrons. The van der Waals surface area contributed by atoms with Crippen LogP contribution in [-0.2, 0) is 6.54 Å². The highest BCUT2D eigenvalue weighted by atomic mass is 16.4. The molecule has 1 aromatic rings. The molecule has 2 N–H and O–H groups in total. The van der Waals surface area contributed by atoms with E-state index >= 15 is 0 Å². The number of furan rings is 1. The maximum absolute atomic E-state index is 10.8. The standard InChI is InChI=1S/C12H20N2O3/c1-14(2)7-4-3-6-13-9-10-5-8-17-11(10)12(15)16/h5,8,13H,3-4,6-7,9H2,1-2H3,(H,15,16). The summed E-state index contributed by atoms with van der Waals surface area (Å²) in [6, 6.07) is 1.69. The topological polar surface area (TPSA) is 65.7 Å². The number of carbonyl (C=O) groups is 1. The average molecular weight is 240 g/mol. The van der Waals surface area contributed by atoms with Crippen LogP contribution in [0.4, 0.5) is 0 Å². The lowest BCUT2D eigenvalue weighted by molar-refractivity contribution is 0.0660. The molecule has 0 amide bonds. The molecule has 5 nitrogen and oxygen atoms in total. The molecule has 0 aliphatic carbocycles. The summed E-state index contributed by atoms with van der Waals surface area (Å²) in [7, 11) is 4.11. The molecule has 1 rings (SSSR count). The fraction of sp³-hybridized carbons (Fsp3) is 0.583. The zero-order valence-corrected chi connectivity index (χ0v) is 10.4. The molecule has 0 aliphatic rings. The Morgan fingerprint density at radius 1 is 1.47 bits per heavy atom. The van der Waals surface area contributed by atoms with E-state index in [9.17, 15) is 4.79 Å². The van der Waals surface area contributed by atoms with Gasteiger partial charge in [0.1, 0.15) is 0 Å². The van der Waals surface area contributed by atoms with Gasteiger partial charge in [-0.1, -0.05) is 0 Å². The number of carboxylic acids is 1. The molecule has 0 spiro atoms. The summed E-state index contributed by atoms with van der Waals surface area (Å²) in [5.41, 5.74) is 0.699. The van der Waals surface area contributed by atoms with E-state index in [2.05, 4.69) is 24.3 Å². The van der Waals surface area contributed by atoms with Gasteiger partial charge in [-0.15, -0.1) is 0 Å². The van der Waals surface area contributed by atoms with E-state index in [4.69, 9.17) is 9.52 Å². The SMILES string of the molecule is CN(C)CCCCNCc1ccoc1C(=O)O. The van der Waals surface area contributed by atoms with Gasteiger partial charge in [0.15, 0.2) is 0 Å². The van der Waals surface area contributed by atoms with E-state index < -0.39 is 5.97 Å². The van der Waals surface area contributed by atoms with Gasteiger partial charge in [0.2, 0.25) is 5.76 Å². The first-order chi connectivity index (χ1) is 8.11. The van der Waals surface area contributed by atoms with Crippen molar-refractivity contribution >= 4 is 5.97 Å². The lowest BCUT2D eigenvalue weighted by Crippen LogP contribution is -2.18. The minimum atomic E-state index is -1.01. The van der Waals surface area contributed by atoms with E-state index in [-0.39, 0.29) is 5.76 Å². The van der Waals surface area contributed by atoms with Gasteiger partial charge in [0.05, 0.1) is 6.26 Å². The largest absolute Gasteiger partial charge is 0.475 e. The van der Waals surface area contributed by atoms with Crippen molar-refractivity contribution in [3.63, 3.8) is 0 Å². The van der Waals surface area contributed by atoms with Gasteiger partial charge in [-0.3, -0.25) is 0 Å². The lowest BCUT2D eigenvalue weighted by atomic mass is 10.2. The monoisotopic (exact) mass is 240 g/mol. The Hall–Kier alpha value is -1.33. The summed E-state index contributed by atoms with van der Waals surface area (Å²) in [6.45, 7) is 2.51. The first-order valence-electron chi connectivity index (χ1n) is 5.76. The fourth-order valence-electron chi connectivity index (χ4n) is 1.56. The van der Waals surface area contributed by atoms with Gasteiger partial charge in [0.25, 0.3) is 0 Å². The maximum atomic E-state index is 10.8. The number of unbranched alkanes of at least 4 members (excludes halogenated alkanes) is 1. The number of rotatable bonds is 8. The third-order valence-electron chi connectivity index (χ3n) is 2.47. The highest BCUT2D eigenvalue weighted by Crippen LogP contribution is 2.09. The van der Waals surface area contributed by atoms with Gasteiger partial charge in [-0.25, -0.2) is 4.79 Å².